The molecule has 0 saturated heterocycles. The van der Waals surface area contributed by atoms with Crippen molar-refractivity contribution < 1.29 is 19.1 Å². The third-order valence-corrected chi connectivity index (χ3v) is 2.65. The van der Waals surface area contributed by atoms with E-state index >= 15 is 0 Å². The van der Waals surface area contributed by atoms with Gasteiger partial charge in [-0.25, -0.2) is 0 Å². The molecule has 0 aliphatic rings. The fourth-order valence-corrected chi connectivity index (χ4v) is 1.64. The number of aldehydes is 1. The Kier molecular flexibility index (Phi) is 6.56. The average Bonchev–Trinajstić information content (AvgIpc) is 2.46. The lowest BCUT2D eigenvalue weighted by atomic mass is 10.2. The molecule has 1 amide bonds. The molecule has 0 aliphatic heterocycles. The highest BCUT2D eigenvalue weighted by Crippen LogP contribution is 2.31. The van der Waals surface area contributed by atoms with E-state index in [4.69, 9.17) is 9.47 Å². The molecule has 1 aromatic rings. The summed E-state index contributed by atoms with van der Waals surface area (Å²) in [5.41, 5.74) is 0.367. The number of carbonyl (C=O) groups excluding carboxylic acids is 2. The van der Waals surface area contributed by atoms with E-state index in [9.17, 15) is 9.59 Å². The van der Waals surface area contributed by atoms with Gasteiger partial charge in [-0.3, -0.25) is 9.59 Å². The first-order valence-corrected chi connectivity index (χ1v) is 6.79. The van der Waals surface area contributed by atoms with E-state index < -0.39 is 6.10 Å². The van der Waals surface area contributed by atoms with Crippen LogP contribution in [0, 0.1) is 0 Å². The van der Waals surface area contributed by atoms with Crippen LogP contribution >= 0.6 is 0 Å². The van der Waals surface area contributed by atoms with Gasteiger partial charge in [-0.15, -0.1) is 0 Å². The molecule has 1 N–H and O–H groups in total. The van der Waals surface area contributed by atoms with Crippen molar-refractivity contribution in [1.29, 1.82) is 0 Å². The lowest BCUT2D eigenvalue weighted by molar-refractivity contribution is -0.127. The Hall–Kier alpha value is -2.04. The lowest BCUT2D eigenvalue weighted by Gasteiger charge is -2.18. The molecule has 0 saturated carbocycles. The van der Waals surface area contributed by atoms with Gasteiger partial charge in [0.05, 0.1) is 12.2 Å². The average molecular weight is 279 g/mol. The molecule has 1 unspecified atom stereocenters. The number of para-hydroxylation sites is 1. The van der Waals surface area contributed by atoms with Crippen molar-refractivity contribution in [2.24, 2.45) is 0 Å². The van der Waals surface area contributed by atoms with Crippen LogP contribution < -0.4 is 14.8 Å². The largest absolute Gasteiger partial charge is 0.490 e. The second-order valence-electron chi connectivity index (χ2n) is 4.28. The third kappa shape index (κ3) is 4.26. The maximum absolute atomic E-state index is 11.8. The van der Waals surface area contributed by atoms with Crippen molar-refractivity contribution in [3.05, 3.63) is 23.8 Å². The fraction of sp³-hybridized carbons (Fsp3) is 0.467. The highest BCUT2D eigenvalue weighted by atomic mass is 16.5. The molecule has 0 heterocycles. The minimum absolute atomic E-state index is 0.213. The van der Waals surface area contributed by atoms with Crippen molar-refractivity contribution in [2.45, 2.75) is 33.3 Å². The quantitative estimate of drug-likeness (QED) is 0.741. The molecule has 5 heteroatoms. The van der Waals surface area contributed by atoms with Gasteiger partial charge in [0.15, 0.2) is 23.9 Å². The molecule has 110 valence electrons. The number of amides is 1. The summed E-state index contributed by atoms with van der Waals surface area (Å²) in [6.45, 7) is 6.51. The van der Waals surface area contributed by atoms with Crippen molar-refractivity contribution in [3.63, 3.8) is 0 Å². The topological polar surface area (TPSA) is 64.6 Å². The van der Waals surface area contributed by atoms with E-state index in [-0.39, 0.29) is 5.91 Å². The van der Waals surface area contributed by atoms with Crippen LogP contribution in [0.3, 0.4) is 0 Å². The van der Waals surface area contributed by atoms with E-state index in [0.29, 0.717) is 36.5 Å². The summed E-state index contributed by atoms with van der Waals surface area (Å²) >= 11 is 0. The van der Waals surface area contributed by atoms with Crippen molar-refractivity contribution >= 4 is 12.2 Å². The molecule has 5 nitrogen and oxygen atoms in total. The van der Waals surface area contributed by atoms with Crippen molar-refractivity contribution in [1.82, 2.24) is 5.32 Å². The molecule has 20 heavy (non-hydrogen) atoms. The molecule has 0 aliphatic carbocycles. The van der Waals surface area contributed by atoms with Gasteiger partial charge in [0.1, 0.15) is 0 Å². The second kappa shape index (κ2) is 8.19. The van der Waals surface area contributed by atoms with E-state index in [2.05, 4.69) is 5.32 Å². The van der Waals surface area contributed by atoms with Gasteiger partial charge in [-0.2, -0.15) is 0 Å². The monoisotopic (exact) mass is 279 g/mol. The molecule has 0 fully saturated rings. The van der Waals surface area contributed by atoms with Gasteiger partial charge >= 0.3 is 0 Å². The van der Waals surface area contributed by atoms with Crippen molar-refractivity contribution in [3.8, 4) is 11.5 Å². The smallest absolute Gasteiger partial charge is 0.260 e. The maximum atomic E-state index is 11.8. The van der Waals surface area contributed by atoms with Crippen LogP contribution in [0.15, 0.2) is 18.2 Å². The molecule has 0 radical (unpaired) electrons. The Morgan fingerprint density at radius 3 is 2.75 bits per heavy atom. The van der Waals surface area contributed by atoms with Crippen LogP contribution in [-0.2, 0) is 4.79 Å². The van der Waals surface area contributed by atoms with E-state index in [1.54, 1.807) is 25.1 Å². The molecule has 1 atom stereocenters. The van der Waals surface area contributed by atoms with E-state index in [0.717, 1.165) is 6.42 Å². The number of ether oxygens (including phenoxy) is 2. The van der Waals surface area contributed by atoms with Crippen molar-refractivity contribution in [2.75, 3.05) is 13.2 Å². The number of rotatable bonds is 8. The summed E-state index contributed by atoms with van der Waals surface area (Å²) in [6, 6.07) is 5.05. The Morgan fingerprint density at radius 1 is 1.40 bits per heavy atom. The molecule has 0 bridgehead atoms. The molecule has 0 spiro atoms. The number of benzene rings is 1. The summed E-state index contributed by atoms with van der Waals surface area (Å²) < 4.78 is 11.0. The number of nitrogens with one attached hydrogen (secondary N) is 1. The molecule has 0 aromatic heterocycles. The summed E-state index contributed by atoms with van der Waals surface area (Å²) in [5, 5.41) is 2.75. The fourth-order valence-electron chi connectivity index (χ4n) is 1.64. The van der Waals surface area contributed by atoms with Crippen LogP contribution in [0.1, 0.15) is 37.6 Å². The molecular formula is C15H21NO4. The van der Waals surface area contributed by atoms with Gasteiger partial charge in [0, 0.05) is 6.54 Å². The minimum Gasteiger partial charge on any atom is -0.490 e. The Morgan fingerprint density at radius 2 is 2.15 bits per heavy atom. The number of hydrogen-bond donors (Lipinski definition) is 1. The van der Waals surface area contributed by atoms with Crippen LogP contribution in [0.5, 0.6) is 11.5 Å². The highest BCUT2D eigenvalue weighted by molar-refractivity contribution is 5.83. The first-order chi connectivity index (χ1) is 9.63. The first-order valence-electron chi connectivity index (χ1n) is 6.79. The van der Waals surface area contributed by atoms with Crippen LogP contribution in [0.2, 0.25) is 0 Å². The highest BCUT2D eigenvalue weighted by Gasteiger charge is 2.18. The minimum atomic E-state index is -0.693. The number of hydrogen-bond acceptors (Lipinski definition) is 4. The standard InChI is InChI=1S/C15H21NO4/c1-4-9-16-15(18)11(3)20-14-12(10-17)7-6-8-13(14)19-5-2/h6-8,10-11H,4-5,9H2,1-3H3,(H,16,18). The predicted molar refractivity (Wildman–Crippen MR) is 76.4 cm³/mol. The zero-order valence-electron chi connectivity index (χ0n) is 12.1. The zero-order valence-corrected chi connectivity index (χ0v) is 12.1. The zero-order chi connectivity index (χ0) is 15.0. The van der Waals surface area contributed by atoms with Gasteiger partial charge in [-0.05, 0) is 32.4 Å². The summed E-state index contributed by atoms with van der Waals surface area (Å²) in [7, 11) is 0. The summed E-state index contributed by atoms with van der Waals surface area (Å²) in [6.07, 6.45) is 0.851. The van der Waals surface area contributed by atoms with Crippen LogP contribution in [0.25, 0.3) is 0 Å². The molecular weight excluding hydrogens is 258 g/mol. The SMILES string of the molecule is CCCNC(=O)C(C)Oc1c(C=O)cccc1OCC. The summed E-state index contributed by atoms with van der Waals surface area (Å²) in [4.78, 5) is 22.9. The van der Waals surface area contributed by atoms with Gasteiger partial charge < -0.3 is 14.8 Å². The Balaban J connectivity index is 2.88. The number of carbonyl (C=O) groups is 2. The van der Waals surface area contributed by atoms with Gasteiger partial charge in [0.2, 0.25) is 0 Å². The first kappa shape index (κ1) is 16.0. The second-order valence-corrected chi connectivity index (χ2v) is 4.28. The summed E-state index contributed by atoms with van der Waals surface area (Å²) in [5.74, 6) is 0.561. The Labute approximate surface area is 119 Å². The molecule has 1 aromatic carbocycles. The lowest BCUT2D eigenvalue weighted by Crippen LogP contribution is -2.36. The molecule has 1 rings (SSSR count). The maximum Gasteiger partial charge on any atom is 0.260 e. The Bertz CT molecular complexity index is 459. The van der Waals surface area contributed by atoms with E-state index in [1.807, 2.05) is 13.8 Å². The van der Waals surface area contributed by atoms with Crippen LogP contribution in [-0.4, -0.2) is 31.4 Å². The van der Waals surface area contributed by atoms with Crippen LogP contribution in [0.4, 0.5) is 0 Å². The van der Waals surface area contributed by atoms with Gasteiger partial charge in [-0.1, -0.05) is 13.0 Å². The predicted octanol–water partition coefficient (Wildman–Crippen LogP) is 2.19. The third-order valence-electron chi connectivity index (χ3n) is 2.65. The normalized spacial score (nSPS) is 11.6. The van der Waals surface area contributed by atoms with Gasteiger partial charge in [0.25, 0.3) is 5.91 Å². The van der Waals surface area contributed by atoms with E-state index in [1.165, 1.54) is 0 Å².